The number of rotatable bonds is 19. The van der Waals surface area contributed by atoms with Crippen molar-refractivity contribution in [1.29, 1.82) is 0 Å². The topological polar surface area (TPSA) is 83.1 Å². The number of carbonyl (C=O) groups excluding carboxylic acids is 2. The summed E-state index contributed by atoms with van der Waals surface area (Å²) in [5.41, 5.74) is 3.19. The SMILES string of the molecule is C=CCOCC(COCC=C)(COCC=C)COC(=O)Cc1ccc(Cc2ccc(NC(C)=O)cc2)cc1. The molecular weight excluding hydrogens is 482 g/mol. The standard InChI is InChI=1S/C31H39NO6/c1-5-16-35-21-31(22-36-17-6-2,23-37-18-7-3)24-38-30(34)20-28-10-8-26(9-11-28)19-27-12-14-29(15-13-27)32-25(4)33/h5-15H,1-3,16-24H2,4H3,(H,32,33). The van der Waals surface area contributed by atoms with E-state index in [1.54, 1.807) is 18.2 Å². The minimum Gasteiger partial charge on any atom is -0.465 e. The van der Waals surface area contributed by atoms with Gasteiger partial charge in [0.1, 0.15) is 6.61 Å². The van der Waals surface area contributed by atoms with Gasteiger partial charge in [0.25, 0.3) is 0 Å². The van der Waals surface area contributed by atoms with E-state index in [1.807, 2.05) is 48.5 Å². The maximum Gasteiger partial charge on any atom is 0.310 e. The zero-order valence-corrected chi connectivity index (χ0v) is 22.3. The van der Waals surface area contributed by atoms with Gasteiger partial charge in [-0.25, -0.2) is 0 Å². The monoisotopic (exact) mass is 521 g/mol. The molecule has 0 unspecified atom stereocenters. The fraction of sp³-hybridized carbons (Fsp3) is 0.355. The number of nitrogens with one attached hydrogen (secondary N) is 1. The second-order valence-electron chi connectivity index (χ2n) is 9.12. The lowest BCUT2D eigenvalue weighted by atomic mass is 9.92. The second kappa shape index (κ2) is 17.1. The highest BCUT2D eigenvalue weighted by atomic mass is 16.5. The summed E-state index contributed by atoms with van der Waals surface area (Å²) in [5, 5.41) is 2.76. The molecule has 0 spiro atoms. The van der Waals surface area contributed by atoms with E-state index in [0.717, 1.165) is 28.8 Å². The Morgan fingerprint density at radius 2 is 1.18 bits per heavy atom. The van der Waals surface area contributed by atoms with Gasteiger partial charge in [-0.2, -0.15) is 0 Å². The molecule has 0 heterocycles. The molecule has 0 saturated carbocycles. The summed E-state index contributed by atoms with van der Waals surface area (Å²) < 4.78 is 22.8. The quantitative estimate of drug-likeness (QED) is 0.161. The van der Waals surface area contributed by atoms with Gasteiger partial charge in [-0.15, -0.1) is 19.7 Å². The predicted molar refractivity (Wildman–Crippen MR) is 150 cm³/mol. The molecule has 0 saturated heterocycles. The minimum absolute atomic E-state index is 0.0871. The lowest BCUT2D eigenvalue weighted by molar-refractivity contribution is -0.154. The normalized spacial score (nSPS) is 11.0. The molecule has 0 aliphatic rings. The Morgan fingerprint density at radius 3 is 1.63 bits per heavy atom. The zero-order chi connectivity index (χ0) is 27.6. The van der Waals surface area contributed by atoms with Crippen molar-refractivity contribution in [3.8, 4) is 0 Å². The Hall–Kier alpha value is -3.52. The van der Waals surface area contributed by atoms with E-state index in [4.69, 9.17) is 18.9 Å². The van der Waals surface area contributed by atoms with Crippen LogP contribution in [0.1, 0.15) is 23.6 Å². The molecule has 2 aromatic carbocycles. The Morgan fingerprint density at radius 1 is 0.737 bits per heavy atom. The highest BCUT2D eigenvalue weighted by Gasteiger charge is 2.33. The minimum atomic E-state index is -0.677. The van der Waals surface area contributed by atoms with E-state index in [9.17, 15) is 9.59 Å². The van der Waals surface area contributed by atoms with Crippen LogP contribution in [0.2, 0.25) is 0 Å². The smallest absolute Gasteiger partial charge is 0.310 e. The van der Waals surface area contributed by atoms with E-state index in [1.165, 1.54) is 6.92 Å². The van der Waals surface area contributed by atoms with E-state index >= 15 is 0 Å². The maximum atomic E-state index is 12.7. The Labute approximate surface area is 226 Å². The molecule has 0 fully saturated rings. The van der Waals surface area contributed by atoms with Crippen molar-refractivity contribution in [2.75, 3.05) is 51.6 Å². The molecule has 0 radical (unpaired) electrons. The number of carbonyl (C=O) groups is 2. The molecule has 0 atom stereocenters. The van der Waals surface area contributed by atoms with Gasteiger partial charge in [-0.05, 0) is 35.2 Å². The maximum absolute atomic E-state index is 12.7. The van der Waals surface area contributed by atoms with Crippen LogP contribution in [0.15, 0.2) is 86.5 Å². The van der Waals surface area contributed by atoms with E-state index < -0.39 is 5.41 Å². The molecule has 1 amide bonds. The largest absolute Gasteiger partial charge is 0.465 e. The van der Waals surface area contributed by atoms with Crippen LogP contribution in [0.5, 0.6) is 0 Å². The van der Waals surface area contributed by atoms with Gasteiger partial charge in [-0.1, -0.05) is 54.6 Å². The van der Waals surface area contributed by atoms with Gasteiger partial charge in [0.05, 0.1) is 51.5 Å². The lowest BCUT2D eigenvalue weighted by Gasteiger charge is -2.32. The van der Waals surface area contributed by atoms with Crippen molar-refractivity contribution >= 4 is 17.6 Å². The molecule has 0 aromatic heterocycles. The molecule has 2 aromatic rings. The molecule has 0 bridgehead atoms. The van der Waals surface area contributed by atoms with Crippen molar-refractivity contribution in [2.45, 2.75) is 19.8 Å². The average Bonchev–Trinajstić information content (AvgIpc) is 2.90. The van der Waals surface area contributed by atoms with Crippen molar-refractivity contribution in [2.24, 2.45) is 5.41 Å². The molecule has 7 nitrogen and oxygen atoms in total. The van der Waals surface area contributed by atoms with E-state index in [2.05, 4.69) is 25.1 Å². The Bertz CT molecular complexity index is 993. The fourth-order valence-corrected chi connectivity index (χ4v) is 3.70. The van der Waals surface area contributed by atoms with Crippen LogP contribution in [0.4, 0.5) is 5.69 Å². The number of hydrogen-bond acceptors (Lipinski definition) is 6. The predicted octanol–water partition coefficient (Wildman–Crippen LogP) is 4.92. The molecule has 2 rings (SSSR count). The van der Waals surface area contributed by atoms with Crippen molar-refractivity contribution < 1.29 is 28.5 Å². The van der Waals surface area contributed by atoms with Crippen LogP contribution in [-0.2, 0) is 41.4 Å². The number of anilines is 1. The summed E-state index contributed by atoms with van der Waals surface area (Å²) in [4.78, 5) is 23.9. The average molecular weight is 522 g/mol. The molecular formula is C31H39NO6. The van der Waals surface area contributed by atoms with Crippen LogP contribution in [0, 0.1) is 5.41 Å². The summed E-state index contributed by atoms with van der Waals surface area (Å²) in [6.45, 7) is 14.5. The van der Waals surface area contributed by atoms with Crippen LogP contribution in [0.3, 0.4) is 0 Å². The molecule has 0 aliphatic heterocycles. The summed E-state index contributed by atoms with van der Waals surface area (Å²) >= 11 is 0. The van der Waals surface area contributed by atoms with Gasteiger partial charge < -0.3 is 24.3 Å². The van der Waals surface area contributed by atoms with Gasteiger partial charge in [-0.3, -0.25) is 9.59 Å². The first-order valence-electron chi connectivity index (χ1n) is 12.6. The molecule has 204 valence electrons. The number of ether oxygens (including phenoxy) is 4. The molecule has 7 heteroatoms. The third-order valence-electron chi connectivity index (χ3n) is 5.53. The number of esters is 1. The summed E-state index contributed by atoms with van der Waals surface area (Å²) in [5.74, 6) is -0.438. The van der Waals surface area contributed by atoms with Crippen LogP contribution < -0.4 is 5.32 Å². The first-order valence-corrected chi connectivity index (χ1v) is 12.6. The Kier molecular flexibility index (Phi) is 13.8. The van der Waals surface area contributed by atoms with Gasteiger partial charge in [0.15, 0.2) is 0 Å². The van der Waals surface area contributed by atoms with Crippen molar-refractivity contribution in [3.63, 3.8) is 0 Å². The van der Waals surface area contributed by atoms with Crippen molar-refractivity contribution in [3.05, 3.63) is 103 Å². The summed E-state index contributed by atoms with van der Waals surface area (Å²) in [6.07, 6.45) is 5.88. The fourth-order valence-electron chi connectivity index (χ4n) is 3.70. The summed E-state index contributed by atoms with van der Waals surface area (Å²) in [7, 11) is 0. The van der Waals surface area contributed by atoms with Gasteiger partial charge >= 0.3 is 5.97 Å². The first-order chi connectivity index (χ1) is 18.4. The van der Waals surface area contributed by atoms with Gasteiger partial charge in [0, 0.05) is 12.6 Å². The highest BCUT2D eigenvalue weighted by Crippen LogP contribution is 2.22. The molecule has 1 N–H and O–H groups in total. The summed E-state index contributed by atoms with van der Waals surface area (Å²) in [6, 6.07) is 15.6. The first kappa shape index (κ1) is 30.7. The molecule has 0 aliphatic carbocycles. The number of hydrogen-bond donors (Lipinski definition) is 1. The van der Waals surface area contributed by atoms with Crippen molar-refractivity contribution in [1.82, 2.24) is 0 Å². The highest BCUT2D eigenvalue weighted by molar-refractivity contribution is 5.88. The number of benzene rings is 2. The second-order valence-corrected chi connectivity index (χ2v) is 9.12. The zero-order valence-electron chi connectivity index (χ0n) is 22.3. The lowest BCUT2D eigenvalue weighted by Crippen LogP contribution is -2.42. The Balaban J connectivity index is 1.96. The van der Waals surface area contributed by atoms with Crippen LogP contribution in [0.25, 0.3) is 0 Å². The van der Waals surface area contributed by atoms with E-state index in [0.29, 0.717) is 19.8 Å². The third kappa shape index (κ3) is 11.7. The number of amides is 1. The van der Waals surface area contributed by atoms with Crippen LogP contribution >= 0.6 is 0 Å². The van der Waals surface area contributed by atoms with Gasteiger partial charge in [0.2, 0.25) is 5.91 Å². The van der Waals surface area contributed by atoms with E-state index in [-0.39, 0.29) is 44.7 Å². The van der Waals surface area contributed by atoms with Crippen LogP contribution in [-0.4, -0.2) is 58.1 Å². The third-order valence-corrected chi connectivity index (χ3v) is 5.53. The molecule has 38 heavy (non-hydrogen) atoms.